The number of hydrogen-bond acceptors (Lipinski definition) is 1. The minimum atomic E-state index is 0.160. The van der Waals surface area contributed by atoms with Crippen molar-refractivity contribution in [2.45, 2.75) is 88.2 Å². The van der Waals surface area contributed by atoms with Crippen LogP contribution in [0.15, 0.2) is 22.5 Å². The standard InChI is InChI=1S/C22H40NPSe/c1-14(2)23(12)18-15(20(3,4)5)13-16(21(6,7)8)19(24-25)17(18)22(9,10)11/h13-14,17-18H,1-12H3. The third-order valence-electron chi connectivity index (χ3n) is 5.46. The van der Waals surface area contributed by atoms with Crippen LogP contribution in [0.1, 0.15) is 76.2 Å². The van der Waals surface area contributed by atoms with Crippen LogP contribution in [0.5, 0.6) is 0 Å². The molecule has 0 radical (unpaired) electrons. The van der Waals surface area contributed by atoms with Gasteiger partial charge < -0.3 is 0 Å². The van der Waals surface area contributed by atoms with Crippen LogP contribution in [0.25, 0.3) is 0 Å². The molecule has 0 saturated heterocycles. The van der Waals surface area contributed by atoms with E-state index in [0.29, 0.717) is 18.0 Å². The molecule has 1 aliphatic carbocycles. The van der Waals surface area contributed by atoms with E-state index in [1.165, 1.54) is 12.4 Å². The average Bonchev–Trinajstić information content (AvgIpc) is 2.40. The first-order chi connectivity index (χ1) is 11.0. The molecule has 1 nitrogen and oxygen atoms in total. The molecule has 3 heteroatoms. The van der Waals surface area contributed by atoms with E-state index in [2.05, 4.69) is 109 Å². The van der Waals surface area contributed by atoms with E-state index in [0.717, 1.165) is 0 Å². The van der Waals surface area contributed by atoms with Gasteiger partial charge in [-0.1, -0.05) is 0 Å². The summed E-state index contributed by atoms with van der Waals surface area (Å²) in [7, 11) is 2.31. The number of likely N-dealkylation sites (N-methyl/N-ethyl adjacent to an activating group) is 1. The first kappa shape index (κ1) is 23.3. The predicted molar refractivity (Wildman–Crippen MR) is 116 cm³/mol. The van der Waals surface area contributed by atoms with E-state index >= 15 is 0 Å². The second-order valence-corrected chi connectivity index (χ2v) is 12.9. The predicted octanol–water partition coefficient (Wildman–Crippen LogP) is 6.67. The molecule has 25 heavy (non-hydrogen) atoms. The van der Waals surface area contributed by atoms with Crippen LogP contribution in [0.2, 0.25) is 0 Å². The summed E-state index contributed by atoms with van der Waals surface area (Å²) < 4.78 is 0. The van der Waals surface area contributed by atoms with Gasteiger partial charge >= 0.3 is 167 Å². The van der Waals surface area contributed by atoms with Crippen molar-refractivity contribution in [2.75, 3.05) is 7.05 Å². The van der Waals surface area contributed by atoms with E-state index in [1.54, 1.807) is 10.9 Å². The van der Waals surface area contributed by atoms with Gasteiger partial charge in [0.2, 0.25) is 0 Å². The van der Waals surface area contributed by atoms with Crippen LogP contribution in [0.4, 0.5) is 0 Å². The summed E-state index contributed by atoms with van der Waals surface area (Å²) >= 11 is 3.33. The van der Waals surface area contributed by atoms with Crippen molar-refractivity contribution in [1.29, 1.82) is 0 Å². The molecule has 0 saturated carbocycles. The Labute approximate surface area is 166 Å². The summed E-state index contributed by atoms with van der Waals surface area (Å²) in [5, 5.41) is 1.59. The van der Waals surface area contributed by atoms with Crippen LogP contribution in [-0.4, -0.2) is 39.1 Å². The van der Waals surface area contributed by atoms with Crippen LogP contribution in [0, 0.1) is 22.2 Å². The number of nitrogens with zero attached hydrogens (tertiary/aromatic N) is 1. The molecule has 0 spiro atoms. The number of allylic oxidation sites excluding steroid dienone is 2. The van der Waals surface area contributed by atoms with E-state index in [-0.39, 0.29) is 16.2 Å². The van der Waals surface area contributed by atoms with Gasteiger partial charge in [0, 0.05) is 0 Å². The summed E-state index contributed by atoms with van der Waals surface area (Å²) in [5.41, 5.74) is 3.65. The molecule has 144 valence electrons. The molecule has 1 aliphatic rings. The number of rotatable bonds is 3. The van der Waals surface area contributed by atoms with Crippen molar-refractivity contribution in [3.8, 4) is 0 Å². The normalized spacial score (nSPS) is 23.7. The van der Waals surface area contributed by atoms with Crippen molar-refractivity contribution >= 4 is 21.9 Å². The Morgan fingerprint density at radius 3 is 1.72 bits per heavy atom. The van der Waals surface area contributed by atoms with Crippen molar-refractivity contribution in [1.82, 2.24) is 4.90 Å². The molecule has 0 heterocycles. The Kier molecular flexibility index (Phi) is 7.19. The van der Waals surface area contributed by atoms with Crippen LogP contribution in [0.3, 0.4) is 0 Å². The summed E-state index contributed by atoms with van der Waals surface area (Å²) in [6, 6.07) is 0.970. The average molecular weight is 429 g/mol. The van der Waals surface area contributed by atoms with Crippen LogP contribution >= 0.6 is 6.83 Å². The fourth-order valence-electron chi connectivity index (χ4n) is 3.84. The second kappa shape index (κ2) is 7.71. The van der Waals surface area contributed by atoms with Crippen molar-refractivity contribution in [2.24, 2.45) is 22.2 Å². The topological polar surface area (TPSA) is 3.24 Å². The summed E-state index contributed by atoms with van der Waals surface area (Å²) in [6.07, 6.45) is 2.55. The fourth-order valence-corrected chi connectivity index (χ4v) is 6.31. The third-order valence-corrected chi connectivity index (χ3v) is 7.42. The van der Waals surface area contributed by atoms with E-state index in [1.807, 2.05) is 0 Å². The van der Waals surface area contributed by atoms with Gasteiger partial charge in [0.05, 0.1) is 0 Å². The minimum absolute atomic E-state index is 0.160. The maximum absolute atomic E-state index is 3.33. The molecule has 0 aromatic carbocycles. The molecule has 0 aliphatic heterocycles. The quantitative estimate of drug-likeness (QED) is 0.358. The molecule has 0 N–H and O–H groups in total. The Morgan fingerprint density at radius 1 is 0.960 bits per heavy atom. The van der Waals surface area contributed by atoms with Gasteiger partial charge in [-0.15, -0.1) is 0 Å². The molecular formula is C22H40NPSe. The Hall–Kier alpha value is 0.259. The zero-order valence-corrected chi connectivity index (χ0v) is 21.2. The molecule has 0 bridgehead atoms. The van der Waals surface area contributed by atoms with Crippen LogP contribution in [-0.2, 0) is 0 Å². The van der Waals surface area contributed by atoms with Crippen LogP contribution < -0.4 is 0 Å². The second-order valence-electron chi connectivity index (χ2n) is 11.0. The molecule has 2 unspecified atom stereocenters. The molecular weight excluding hydrogens is 388 g/mol. The molecule has 1 rings (SSSR count). The van der Waals surface area contributed by atoms with E-state index in [4.69, 9.17) is 0 Å². The van der Waals surface area contributed by atoms with Crippen molar-refractivity contribution < 1.29 is 0 Å². The summed E-state index contributed by atoms with van der Waals surface area (Å²) in [5.74, 6) is 0.510. The van der Waals surface area contributed by atoms with Gasteiger partial charge in [-0.25, -0.2) is 0 Å². The van der Waals surface area contributed by atoms with Gasteiger partial charge in [-0.3, -0.25) is 0 Å². The van der Waals surface area contributed by atoms with E-state index < -0.39 is 0 Å². The Morgan fingerprint density at radius 2 is 1.44 bits per heavy atom. The van der Waals surface area contributed by atoms with Gasteiger partial charge in [0.15, 0.2) is 0 Å². The fraction of sp³-hybridized carbons (Fsp3) is 0.818. The van der Waals surface area contributed by atoms with Gasteiger partial charge in [0.25, 0.3) is 0 Å². The van der Waals surface area contributed by atoms with Gasteiger partial charge in [-0.2, -0.15) is 0 Å². The summed E-state index contributed by atoms with van der Waals surface area (Å²) in [6.45, 7) is 27.4. The molecule has 2 atom stereocenters. The zero-order valence-electron chi connectivity index (χ0n) is 18.6. The van der Waals surface area contributed by atoms with Crippen molar-refractivity contribution in [3.63, 3.8) is 0 Å². The first-order valence-corrected chi connectivity index (χ1v) is 12.7. The van der Waals surface area contributed by atoms with E-state index in [9.17, 15) is 0 Å². The maximum atomic E-state index is 3.33. The molecule has 0 aromatic heterocycles. The first-order valence-electron chi connectivity index (χ1n) is 9.55. The number of hydrogen-bond donors (Lipinski definition) is 0. The summed E-state index contributed by atoms with van der Waals surface area (Å²) in [4.78, 5) is 2.59. The molecule has 0 fully saturated rings. The van der Waals surface area contributed by atoms with Crippen molar-refractivity contribution in [3.05, 3.63) is 22.5 Å². The molecule has 0 amide bonds. The monoisotopic (exact) mass is 429 g/mol. The SMILES string of the molecule is CC(C)N(C)C1C(C(C)(C)C)=CC(C(C)(C)C)=C(P=[Se])C1C(C)(C)C. The van der Waals surface area contributed by atoms with Gasteiger partial charge in [-0.05, 0) is 0 Å². The zero-order chi connectivity index (χ0) is 20.0. The third kappa shape index (κ3) is 5.16. The Bertz CT molecular complexity index is 564. The van der Waals surface area contributed by atoms with Gasteiger partial charge in [0.1, 0.15) is 0 Å². The molecule has 0 aromatic rings. The Balaban J connectivity index is 3.86.